The molecule has 0 radical (unpaired) electrons. The van der Waals surface area contributed by atoms with Gasteiger partial charge in [0.2, 0.25) is 0 Å². The molecular weight excluding hydrogens is 264 g/mol. The first-order valence-electron chi connectivity index (χ1n) is 6.56. The molecule has 0 saturated carbocycles. The number of esters is 1. The summed E-state index contributed by atoms with van der Waals surface area (Å²) in [5.41, 5.74) is 0.726. The highest BCUT2D eigenvalue weighted by molar-refractivity contribution is 5.93. The first kappa shape index (κ1) is 14.5. The first-order chi connectivity index (χ1) is 9.58. The zero-order valence-corrected chi connectivity index (χ0v) is 11.6. The monoisotopic (exact) mass is 282 g/mol. The van der Waals surface area contributed by atoms with Crippen LogP contribution in [0, 0.1) is 13.8 Å². The van der Waals surface area contributed by atoms with E-state index in [0.29, 0.717) is 18.0 Å². The van der Waals surface area contributed by atoms with Gasteiger partial charge in [-0.1, -0.05) is 5.16 Å². The highest BCUT2D eigenvalue weighted by atomic mass is 16.5. The third-order valence-electron chi connectivity index (χ3n) is 3.12. The number of aryl methyl sites for hydroxylation is 2. The Labute approximate surface area is 116 Å². The van der Waals surface area contributed by atoms with E-state index in [-0.39, 0.29) is 24.2 Å². The lowest BCUT2D eigenvalue weighted by molar-refractivity contribution is -0.124. The molecule has 7 heteroatoms. The minimum atomic E-state index is -0.603. The fourth-order valence-corrected chi connectivity index (χ4v) is 2.06. The van der Waals surface area contributed by atoms with Crippen molar-refractivity contribution in [1.82, 2.24) is 10.5 Å². The number of amides is 1. The van der Waals surface area contributed by atoms with Gasteiger partial charge in [-0.3, -0.25) is 4.79 Å². The van der Waals surface area contributed by atoms with Crippen LogP contribution in [0.15, 0.2) is 4.52 Å². The van der Waals surface area contributed by atoms with E-state index in [1.807, 2.05) is 0 Å². The Morgan fingerprint density at radius 2 is 2.25 bits per heavy atom. The topological polar surface area (TPSA) is 90.7 Å². The molecular formula is C13H18N2O5. The Kier molecular flexibility index (Phi) is 4.73. The molecule has 0 spiro atoms. The van der Waals surface area contributed by atoms with Crippen LogP contribution in [0.1, 0.15) is 34.7 Å². The van der Waals surface area contributed by atoms with Crippen LogP contribution < -0.4 is 5.32 Å². The maximum Gasteiger partial charge on any atom is 0.344 e. The average Bonchev–Trinajstić information content (AvgIpc) is 3.04. The van der Waals surface area contributed by atoms with Crippen molar-refractivity contribution < 1.29 is 23.6 Å². The van der Waals surface area contributed by atoms with Crippen LogP contribution in [0.5, 0.6) is 0 Å². The Bertz CT molecular complexity index is 471. The summed E-state index contributed by atoms with van der Waals surface area (Å²) >= 11 is 0. The molecule has 1 aromatic heterocycles. The van der Waals surface area contributed by atoms with Gasteiger partial charge in [-0.05, 0) is 26.7 Å². The quantitative estimate of drug-likeness (QED) is 0.801. The van der Waals surface area contributed by atoms with Gasteiger partial charge in [0.15, 0.2) is 6.61 Å². The minimum Gasteiger partial charge on any atom is -0.452 e. The summed E-state index contributed by atoms with van der Waals surface area (Å²) in [4.78, 5) is 23.3. The third-order valence-corrected chi connectivity index (χ3v) is 3.12. The van der Waals surface area contributed by atoms with Crippen molar-refractivity contribution >= 4 is 11.9 Å². The van der Waals surface area contributed by atoms with E-state index in [4.69, 9.17) is 14.0 Å². The van der Waals surface area contributed by atoms with Gasteiger partial charge in [-0.25, -0.2) is 4.79 Å². The molecule has 0 unspecified atom stereocenters. The Morgan fingerprint density at radius 1 is 1.45 bits per heavy atom. The molecule has 1 atom stereocenters. The minimum absolute atomic E-state index is 0.0669. The van der Waals surface area contributed by atoms with Crippen LogP contribution in [0.2, 0.25) is 0 Å². The zero-order valence-electron chi connectivity index (χ0n) is 11.6. The fraction of sp³-hybridized carbons (Fsp3) is 0.615. The standard InChI is InChI=1S/C13H18N2O5/c1-8-12(9(2)20-15-8)13(17)19-7-11(16)14-6-10-4-3-5-18-10/h10H,3-7H2,1-2H3,(H,14,16)/t10-/m0/s1. The summed E-state index contributed by atoms with van der Waals surface area (Å²) < 4.78 is 15.2. The van der Waals surface area contributed by atoms with Gasteiger partial charge >= 0.3 is 5.97 Å². The van der Waals surface area contributed by atoms with Crippen LogP contribution >= 0.6 is 0 Å². The van der Waals surface area contributed by atoms with Gasteiger partial charge in [0.1, 0.15) is 11.3 Å². The number of nitrogens with zero attached hydrogens (tertiary/aromatic N) is 1. The molecule has 1 saturated heterocycles. The van der Waals surface area contributed by atoms with Crippen LogP contribution in [-0.4, -0.2) is 42.9 Å². The summed E-state index contributed by atoms with van der Waals surface area (Å²) in [6.07, 6.45) is 2.03. The summed E-state index contributed by atoms with van der Waals surface area (Å²) in [5.74, 6) is -0.568. The molecule has 1 fully saturated rings. The van der Waals surface area contributed by atoms with Crippen molar-refractivity contribution in [2.24, 2.45) is 0 Å². The normalized spacial score (nSPS) is 18.0. The number of carbonyl (C=O) groups is 2. The second kappa shape index (κ2) is 6.51. The van der Waals surface area contributed by atoms with Gasteiger partial charge in [-0.15, -0.1) is 0 Å². The molecule has 1 amide bonds. The van der Waals surface area contributed by atoms with Crippen molar-refractivity contribution in [3.8, 4) is 0 Å². The number of hydrogen-bond donors (Lipinski definition) is 1. The fourth-order valence-electron chi connectivity index (χ4n) is 2.06. The van der Waals surface area contributed by atoms with Crippen LogP contribution in [-0.2, 0) is 14.3 Å². The highest BCUT2D eigenvalue weighted by Gasteiger charge is 2.20. The third kappa shape index (κ3) is 3.57. The molecule has 2 rings (SSSR count). The smallest absolute Gasteiger partial charge is 0.344 e. The second-order valence-electron chi connectivity index (χ2n) is 4.71. The van der Waals surface area contributed by atoms with Crippen molar-refractivity contribution in [1.29, 1.82) is 0 Å². The number of aromatic nitrogens is 1. The predicted molar refractivity (Wildman–Crippen MR) is 68.2 cm³/mol. The lowest BCUT2D eigenvalue weighted by Gasteiger charge is -2.10. The number of hydrogen-bond acceptors (Lipinski definition) is 6. The van der Waals surface area contributed by atoms with Crippen molar-refractivity contribution in [3.05, 3.63) is 17.0 Å². The molecule has 1 aliphatic heterocycles. The van der Waals surface area contributed by atoms with Gasteiger partial charge in [0.25, 0.3) is 5.91 Å². The van der Waals surface area contributed by atoms with Crippen LogP contribution in [0.3, 0.4) is 0 Å². The number of ether oxygens (including phenoxy) is 2. The molecule has 2 heterocycles. The zero-order chi connectivity index (χ0) is 14.5. The maximum absolute atomic E-state index is 11.8. The Hall–Kier alpha value is -1.89. The second-order valence-corrected chi connectivity index (χ2v) is 4.71. The summed E-state index contributed by atoms with van der Waals surface area (Å²) in [5, 5.41) is 6.33. The lowest BCUT2D eigenvalue weighted by atomic mass is 10.2. The van der Waals surface area contributed by atoms with E-state index in [0.717, 1.165) is 19.4 Å². The predicted octanol–water partition coefficient (Wildman–Crippen LogP) is 0.743. The average molecular weight is 282 g/mol. The molecule has 20 heavy (non-hydrogen) atoms. The maximum atomic E-state index is 11.8. The van der Waals surface area contributed by atoms with Crippen molar-refractivity contribution in [2.75, 3.05) is 19.8 Å². The Morgan fingerprint density at radius 3 is 2.85 bits per heavy atom. The van der Waals surface area contributed by atoms with Crippen molar-refractivity contribution in [2.45, 2.75) is 32.8 Å². The van der Waals surface area contributed by atoms with E-state index in [9.17, 15) is 9.59 Å². The molecule has 0 aromatic carbocycles. The van der Waals surface area contributed by atoms with Gasteiger partial charge in [0.05, 0.1) is 11.8 Å². The van der Waals surface area contributed by atoms with E-state index in [1.54, 1.807) is 13.8 Å². The number of nitrogens with one attached hydrogen (secondary N) is 1. The summed E-state index contributed by atoms with van der Waals surface area (Å²) in [7, 11) is 0. The summed E-state index contributed by atoms with van der Waals surface area (Å²) in [6.45, 7) is 4.12. The number of rotatable bonds is 5. The molecule has 1 N–H and O–H groups in total. The molecule has 110 valence electrons. The molecule has 1 aliphatic rings. The van der Waals surface area contributed by atoms with E-state index in [2.05, 4.69) is 10.5 Å². The van der Waals surface area contributed by atoms with Gasteiger partial charge in [0, 0.05) is 13.2 Å². The van der Waals surface area contributed by atoms with Crippen LogP contribution in [0.4, 0.5) is 0 Å². The Balaban J connectivity index is 1.74. The largest absolute Gasteiger partial charge is 0.452 e. The van der Waals surface area contributed by atoms with E-state index < -0.39 is 5.97 Å². The lowest BCUT2D eigenvalue weighted by Crippen LogP contribution is -2.34. The van der Waals surface area contributed by atoms with Crippen LogP contribution in [0.25, 0.3) is 0 Å². The van der Waals surface area contributed by atoms with Gasteiger partial charge in [-0.2, -0.15) is 0 Å². The number of carbonyl (C=O) groups excluding carboxylic acids is 2. The highest BCUT2D eigenvalue weighted by Crippen LogP contribution is 2.13. The molecule has 0 bridgehead atoms. The molecule has 7 nitrogen and oxygen atoms in total. The molecule has 0 aliphatic carbocycles. The first-order valence-corrected chi connectivity index (χ1v) is 6.56. The van der Waals surface area contributed by atoms with E-state index in [1.165, 1.54) is 0 Å². The van der Waals surface area contributed by atoms with Gasteiger partial charge < -0.3 is 19.3 Å². The van der Waals surface area contributed by atoms with E-state index >= 15 is 0 Å². The SMILES string of the molecule is Cc1noc(C)c1C(=O)OCC(=O)NC[C@@H]1CCCO1. The summed E-state index contributed by atoms with van der Waals surface area (Å²) in [6, 6.07) is 0. The van der Waals surface area contributed by atoms with Crippen molar-refractivity contribution in [3.63, 3.8) is 0 Å². The molecule has 1 aromatic rings.